The number of hydrazine groups is 1. The topological polar surface area (TPSA) is 93.7 Å². The molecule has 0 fully saturated rings. The maximum absolute atomic E-state index is 12.0. The molecule has 7 nitrogen and oxygen atoms in total. The molecule has 1 atom stereocenters. The van der Waals surface area contributed by atoms with Crippen LogP contribution in [0.1, 0.15) is 23.7 Å². The van der Waals surface area contributed by atoms with Crippen LogP contribution in [0.25, 0.3) is 0 Å². The summed E-state index contributed by atoms with van der Waals surface area (Å²) in [6.45, 7) is 1.25. The van der Waals surface area contributed by atoms with Crippen molar-refractivity contribution in [2.45, 2.75) is 19.4 Å². The van der Waals surface area contributed by atoms with E-state index in [1.54, 1.807) is 61.5 Å². The van der Waals surface area contributed by atoms with Gasteiger partial charge in [0.15, 0.2) is 12.7 Å². The van der Waals surface area contributed by atoms with Crippen molar-refractivity contribution in [1.82, 2.24) is 10.9 Å². The lowest BCUT2D eigenvalue weighted by atomic mass is 10.2. The third kappa shape index (κ3) is 5.94. The van der Waals surface area contributed by atoms with Crippen molar-refractivity contribution in [2.24, 2.45) is 0 Å². The second-order valence-corrected chi connectivity index (χ2v) is 5.30. The van der Waals surface area contributed by atoms with E-state index in [-0.39, 0.29) is 0 Å². The molecule has 0 unspecified atom stereocenters. The number of amides is 2. The Labute approximate surface area is 151 Å². The van der Waals surface area contributed by atoms with Crippen LogP contribution in [0.3, 0.4) is 0 Å². The van der Waals surface area contributed by atoms with Crippen molar-refractivity contribution in [3.8, 4) is 5.75 Å². The minimum Gasteiger partial charge on any atom is -0.479 e. The van der Waals surface area contributed by atoms with Crippen molar-refractivity contribution in [2.75, 3.05) is 6.61 Å². The van der Waals surface area contributed by atoms with Gasteiger partial charge in [-0.15, -0.1) is 0 Å². The van der Waals surface area contributed by atoms with Gasteiger partial charge >= 0.3 is 5.97 Å². The normalized spacial score (nSPS) is 11.1. The summed E-state index contributed by atoms with van der Waals surface area (Å²) in [6, 6.07) is 17.3. The molecule has 0 aliphatic rings. The van der Waals surface area contributed by atoms with Crippen LogP contribution in [-0.2, 0) is 14.3 Å². The molecular formula is C19H20N2O5. The molecule has 2 rings (SSSR count). The second kappa shape index (κ2) is 9.83. The van der Waals surface area contributed by atoms with Crippen molar-refractivity contribution < 1.29 is 23.9 Å². The van der Waals surface area contributed by atoms with Gasteiger partial charge in [-0.3, -0.25) is 20.4 Å². The predicted octanol–water partition coefficient (Wildman–Crippen LogP) is 1.85. The molecule has 26 heavy (non-hydrogen) atoms. The Morgan fingerprint density at radius 3 is 2.15 bits per heavy atom. The Bertz CT molecular complexity index is 734. The average Bonchev–Trinajstić information content (AvgIpc) is 2.69. The van der Waals surface area contributed by atoms with E-state index in [4.69, 9.17) is 9.47 Å². The molecule has 7 heteroatoms. The maximum Gasteiger partial charge on any atom is 0.347 e. The zero-order chi connectivity index (χ0) is 18.8. The standard InChI is InChI=1S/C19H20N2O5/c1-2-16(26-15-11-7-4-8-12-15)19(24)25-13-17(22)20-21-18(23)14-9-5-3-6-10-14/h3-12,16H,2,13H2,1H3,(H,20,22)(H,21,23)/t16-/m0/s1. The van der Waals surface area contributed by atoms with Crippen molar-refractivity contribution >= 4 is 17.8 Å². The Kier molecular flexibility index (Phi) is 7.17. The van der Waals surface area contributed by atoms with Crippen LogP contribution >= 0.6 is 0 Å². The summed E-state index contributed by atoms with van der Waals surface area (Å²) < 4.78 is 10.5. The number of nitrogens with one attached hydrogen (secondary N) is 2. The summed E-state index contributed by atoms with van der Waals surface area (Å²) in [4.78, 5) is 35.5. The highest BCUT2D eigenvalue weighted by Crippen LogP contribution is 2.13. The number of carbonyl (C=O) groups is 3. The first-order valence-electron chi connectivity index (χ1n) is 8.12. The molecule has 0 aliphatic carbocycles. The number of benzene rings is 2. The van der Waals surface area contributed by atoms with Crippen molar-refractivity contribution in [3.63, 3.8) is 0 Å². The molecule has 0 saturated carbocycles. The highest BCUT2D eigenvalue weighted by Gasteiger charge is 2.21. The second-order valence-electron chi connectivity index (χ2n) is 5.30. The zero-order valence-corrected chi connectivity index (χ0v) is 14.3. The summed E-state index contributed by atoms with van der Waals surface area (Å²) >= 11 is 0. The van der Waals surface area contributed by atoms with E-state index in [0.29, 0.717) is 17.7 Å². The summed E-state index contributed by atoms with van der Waals surface area (Å²) in [5.41, 5.74) is 4.83. The quantitative estimate of drug-likeness (QED) is 0.583. The Balaban J connectivity index is 1.75. The van der Waals surface area contributed by atoms with Crippen LogP contribution in [-0.4, -0.2) is 30.5 Å². The molecule has 136 valence electrons. The Hall–Kier alpha value is -3.35. The van der Waals surface area contributed by atoms with Gasteiger partial charge < -0.3 is 9.47 Å². The molecule has 0 bridgehead atoms. The van der Waals surface area contributed by atoms with Gasteiger partial charge in [0.1, 0.15) is 5.75 Å². The van der Waals surface area contributed by atoms with Crippen LogP contribution in [0, 0.1) is 0 Å². The van der Waals surface area contributed by atoms with E-state index in [1.165, 1.54) is 0 Å². The van der Waals surface area contributed by atoms with Crippen LogP contribution in [0.15, 0.2) is 60.7 Å². The van der Waals surface area contributed by atoms with Crippen LogP contribution in [0.4, 0.5) is 0 Å². The first-order valence-corrected chi connectivity index (χ1v) is 8.12. The third-order valence-electron chi connectivity index (χ3n) is 3.35. The number of carbonyl (C=O) groups excluding carboxylic acids is 3. The first-order chi connectivity index (χ1) is 12.6. The lowest BCUT2D eigenvalue weighted by Gasteiger charge is -2.16. The van der Waals surface area contributed by atoms with E-state index >= 15 is 0 Å². The number of esters is 1. The van der Waals surface area contributed by atoms with Crippen LogP contribution in [0.5, 0.6) is 5.75 Å². The molecule has 0 aliphatic heterocycles. The molecule has 0 heterocycles. The third-order valence-corrected chi connectivity index (χ3v) is 3.35. The van der Waals surface area contributed by atoms with E-state index in [0.717, 1.165) is 0 Å². The molecule has 0 spiro atoms. The molecule has 2 aromatic rings. The molecule has 2 N–H and O–H groups in total. The summed E-state index contributed by atoms with van der Waals surface area (Å²) in [6.07, 6.45) is -0.427. The van der Waals surface area contributed by atoms with Gasteiger partial charge in [-0.25, -0.2) is 4.79 Å². The smallest absolute Gasteiger partial charge is 0.347 e. The van der Waals surface area contributed by atoms with E-state index < -0.39 is 30.5 Å². The van der Waals surface area contributed by atoms with Crippen molar-refractivity contribution in [3.05, 3.63) is 66.2 Å². The summed E-state index contributed by atoms with van der Waals surface area (Å²) in [5, 5.41) is 0. The number of hydrogen-bond donors (Lipinski definition) is 2. The largest absolute Gasteiger partial charge is 0.479 e. The van der Waals surface area contributed by atoms with Gasteiger partial charge in [0.25, 0.3) is 11.8 Å². The predicted molar refractivity (Wildman–Crippen MR) is 94.2 cm³/mol. The SMILES string of the molecule is CC[C@H](Oc1ccccc1)C(=O)OCC(=O)NNC(=O)c1ccccc1. The monoisotopic (exact) mass is 356 g/mol. The zero-order valence-electron chi connectivity index (χ0n) is 14.3. The highest BCUT2D eigenvalue weighted by atomic mass is 16.6. The Morgan fingerprint density at radius 2 is 1.54 bits per heavy atom. The van der Waals surface area contributed by atoms with E-state index in [9.17, 15) is 14.4 Å². The van der Waals surface area contributed by atoms with Gasteiger partial charge in [0.2, 0.25) is 0 Å². The molecule has 0 aromatic heterocycles. The molecular weight excluding hydrogens is 336 g/mol. The Morgan fingerprint density at radius 1 is 0.923 bits per heavy atom. The summed E-state index contributed by atoms with van der Waals surface area (Å²) in [7, 11) is 0. The maximum atomic E-state index is 12.0. The molecule has 2 aromatic carbocycles. The number of rotatable bonds is 7. The number of para-hydroxylation sites is 1. The minimum absolute atomic E-state index is 0.389. The van der Waals surface area contributed by atoms with Gasteiger partial charge in [-0.05, 0) is 30.7 Å². The average molecular weight is 356 g/mol. The van der Waals surface area contributed by atoms with Crippen LogP contribution in [0.2, 0.25) is 0 Å². The first kappa shape index (κ1) is 19.0. The minimum atomic E-state index is -0.816. The highest BCUT2D eigenvalue weighted by molar-refractivity contribution is 5.95. The fraction of sp³-hybridized carbons (Fsp3) is 0.211. The van der Waals surface area contributed by atoms with E-state index in [1.807, 2.05) is 6.07 Å². The lowest BCUT2D eigenvalue weighted by Crippen LogP contribution is -2.44. The fourth-order valence-electron chi connectivity index (χ4n) is 2.02. The van der Waals surface area contributed by atoms with Gasteiger partial charge in [-0.2, -0.15) is 0 Å². The number of hydrogen-bond acceptors (Lipinski definition) is 5. The molecule has 0 radical (unpaired) electrons. The number of ether oxygens (including phenoxy) is 2. The molecule has 2 amide bonds. The van der Waals surface area contributed by atoms with Crippen LogP contribution < -0.4 is 15.6 Å². The van der Waals surface area contributed by atoms with Gasteiger partial charge in [-0.1, -0.05) is 43.3 Å². The fourth-order valence-corrected chi connectivity index (χ4v) is 2.02. The molecule has 0 saturated heterocycles. The van der Waals surface area contributed by atoms with Gasteiger partial charge in [0, 0.05) is 5.56 Å². The van der Waals surface area contributed by atoms with Crippen molar-refractivity contribution in [1.29, 1.82) is 0 Å². The summed E-state index contributed by atoms with van der Waals surface area (Å²) in [5.74, 6) is -1.24. The lowest BCUT2D eigenvalue weighted by molar-refractivity contribution is -0.155. The van der Waals surface area contributed by atoms with Gasteiger partial charge in [0.05, 0.1) is 0 Å². The van der Waals surface area contributed by atoms with E-state index in [2.05, 4.69) is 10.9 Å².